The zero-order valence-electron chi connectivity index (χ0n) is 26.3. The molecule has 3 saturated carbocycles. The van der Waals surface area contributed by atoms with Crippen LogP contribution in [0.15, 0.2) is 42.0 Å². The lowest BCUT2D eigenvalue weighted by Gasteiger charge is -2.64. The second-order valence-corrected chi connectivity index (χ2v) is 14.6. The van der Waals surface area contributed by atoms with Crippen LogP contribution >= 0.6 is 0 Å². The average Bonchev–Trinajstić information content (AvgIpc) is 3.31. The van der Waals surface area contributed by atoms with Gasteiger partial charge in [0.05, 0.1) is 17.6 Å². The highest BCUT2D eigenvalue weighted by Gasteiger charge is 2.68. The predicted octanol–water partition coefficient (Wildman–Crippen LogP) is 5.77. The molecular weight excluding hydrogens is 529 g/mol. The molecule has 3 aliphatic carbocycles. The molecule has 5 aliphatic rings. The molecule has 2 heterocycles. The maximum absolute atomic E-state index is 13.8. The van der Waals surface area contributed by atoms with Gasteiger partial charge in [0.2, 0.25) is 0 Å². The van der Waals surface area contributed by atoms with Crippen LogP contribution in [-0.4, -0.2) is 66.4 Å². The Balaban J connectivity index is 1.35. The van der Waals surface area contributed by atoms with Gasteiger partial charge in [-0.15, -0.1) is 0 Å². The van der Waals surface area contributed by atoms with Gasteiger partial charge in [-0.3, -0.25) is 4.79 Å². The van der Waals surface area contributed by atoms with E-state index in [1.165, 1.54) is 4.90 Å². The number of likely N-dealkylation sites (N-methyl/N-ethyl adjacent to an activating group) is 1. The molecule has 2 bridgehead atoms. The number of amides is 2. The van der Waals surface area contributed by atoms with Crippen molar-refractivity contribution in [2.75, 3.05) is 13.6 Å². The molecule has 42 heavy (non-hydrogen) atoms. The fraction of sp³-hybridized carbons (Fsp3) is 0.667. The van der Waals surface area contributed by atoms with Crippen molar-refractivity contribution in [2.45, 2.75) is 104 Å². The summed E-state index contributed by atoms with van der Waals surface area (Å²) >= 11 is 0. The van der Waals surface area contributed by atoms with Gasteiger partial charge in [0, 0.05) is 20.0 Å². The third-order valence-corrected chi connectivity index (χ3v) is 10.2. The number of benzene rings is 1. The summed E-state index contributed by atoms with van der Waals surface area (Å²) in [6.07, 6.45) is 5.21. The van der Waals surface area contributed by atoms with Crippen LogP contribution in [0.4, 0.5) is 4.79 Å². The minimum absolute atomic E-state index is 0.00701. The number of likely N-dealkylation sites (tertiary alicyclic amines) is 1. The number of piperidine rings is 1. The van der Waals surface area contributed by atoms with Crippen molar-refractivity contribution in [3.63, 3.8) is 0 Å². The molecule has 0 spiro atoms. The molecule has 0 radical (unpaired) electrons. The number of ether oxygens (including phenoxy) is 1. The third-order valence-electron chi connectivity index (χ3n) is 10.2. The zero-order valence-corrected chi connectivity index (χ0v) is 26.3. The van der Waals surface area contributed by atoms with E-state index in [4.69, 9.17) is 14.0 Å². The van der Waals surface area contributed by atoms with E-state index in [0.29, 0.717) is 31.2 Å². The summed E-state index contributed by atoms with van der Waals surface area (Å²) in [5.74, 6) is 0.213. The van der Waals surface area contributed by atoms with Crippen LogP contribution in [0.1, 0.15) is 79.2 Å². The van der Waals surface area contributed by atoms with Gasteiger partial charge < -0.3 is 23.8 Å². The van der Waals surface area contributed by atoms with E-state index in [0.717, 1.165) is 31.2 Å². The first kappa shape index (κ1) is 30.6. The number of nitriles is 1. The van der Waals surface area contributed by atoms with E-state index in [1.807, 2.05) is 51.1 Å². The molecule has 1 aromatic rings. The van der Waals surface area contributed by atoms with E-state index in [2.05, 4.69) is 26.8 Å². The zero-order chi connectivity index (χ0) is 30.4. The van der Waals surface area contributed by atoms with Crippen LogP contribution in [0.3, 0.4) is 0 Å². The molecule has 6 atom stereocenters. The lowest BCUT2D eigenvalue weighted by Crippen LogP contribution is -2.65. The Kier molecular flexibility index (Phi) is 8.28. The fourth-order valence-corrected chi connectivity index (χ4v) is 7.65. The van der Waals surface area contributed by atoms with Crippen LogP contribution in [0.5, 0.6) is 0 Å². The Morgan fingerprint density at radius 2 is 1.93 bits per heavy atom. The van der Waals surface area contributed by atoms with Crippen molar-refractivity contribution in [2.24, 2.45) is 22.7 Å². The van der Waals surface area contributed by atoms with Crippen molar-refractivity contribution in [3.8, 4) is 6.07 Å². The summed E-state index contributed by atoms with van der Waals surface area (Å²) in [6, 6.07) is 12.1. The van der Waals surface area contributed by atoms with Crippen molar-refractivity contribution in [1.82, 2.24) is 9.80 Å². The highest BCUT2D eigenvalue weighted by atomic mass is 16.7. The first-order valence-corrected chi connectivity index (χ1v) is 15.5. The van der Waals surface area contributed by atoms with Gasteiger partial charge in [-0.05, 0) is 67.3 Å². The predicted molar refractivity (Wildman–Crippen MR) is 161 cm³/mol. The highest BCUT2D eigenvalue weighted by molar-refractivity contribution is 6.47. The average molecular weight is 576 g/mol. The number of carbonyl (C=O) groups excluding carboxylic acids is 2. The molecule has 2 aliphatic heterocycles. The molecule has 8 nitrogen and oxygen atoms in total. The molecule has 0 N–H and O–H groups in total. The second-order valence-electron chi connectivity index (χ2n) is 14.6. The third kappa shape index (κ3) is 5.73. The number of rotatable bonds is 6. The summed E-state index contributed by atoms with van der Waals surface area (Å²) in [5, 5.41) is 9.73. The van der Waals surface area contributed by atoms with Crippen molar-refractivity contribution in [3.05, 3.63) is 47.5 Å². The van der Waals surface area contributed by atoms with Gasteiger partial charge in [0.15, 0.2) is 6.23 Å². The Bertz CT molecular complexity index is 1250. The number of hydrogen-bond donors (Lipinski definition) is 0. The van der Waals surface area contributed by atoms with E-state index in [9.17, 15) is 14.9 Å². The largest absolute Gasteiger partial charge is 0.482 e. The van der Waals surface area contributed by atoms with Gasteiger partial charge in [-0.2, -0.15) is 5.26 Å². The van der Waals surface area contributed by atoms with Gasteiger partial charge in [0.1, 0.15) is 11.6 Å². The summed E-state index contributed by atoms with van der Waals surface area (Å²) in [5.41, 5.74) is 0.620. The van der Waals surface area contributed by atoms with E-state index >= 15 is 0 Å². The van der Waals surface area contributed by atoms with Crippen LogP contribution in [-0.2, 0) is 25.3 Å². The monoisotopic (exact) mass is 575 g/mol. The van der Waals surface area contributed by atoms with Crippen molar-refractivity contribution in [1.29, 1.82) is 5.26 Å². The molecule has 5 fully saturated rings. The quantitative estimate of drug-likeness (QED) is 0.243. The van der Waals surface area contributed by atoms with E-state index in [1.54, 1.807) is 18.0 Å². The fourth-order valence-electron chi connectivity index (χ4n) is 7.65. The summed E-state index contributed by atoms with van der Waals surface area (Å²) in [6.45, 7) is 13.1. The number of carbonyl (C=O) groups is 2. The SMILES string of the molecule is CN(C(=O)O[C@H]1CCCCN1C(=O)C(C#N)=CC(C)(C)C)[C@@H](Cc1ccccc1)B1O[C@@H]2C[C@@H]3C[C@@H](C3(C)C)[C@]2(C)O1. The first-order valence-electron chi connectivity index (χ1n) is 15.5. The van der Waals surface area contributed by atoms with E-state index < -0.39 is 36.9 Å². The first-order chi connectivity index (χ1) is 19.7. The van der Waals surface area contributed by atoms with Crippen LogP contribution < -0.4 is 0 Å². The lowest BCUT2D eigenvalue weighted by molar-refractivity contribution is -0.199. The normalized spacial score (nSPS) is 31.0. The Hall–Kier alpha value is -2.83. The summed E-state index contributed by atoms with van der Waals surface area (Å²) in [4.78, 5) is 30.3. The summed E-state index contributed by atoms with van der Waals surface area (Å²) in [7, 11) is 1.13. The van der Waals surface area contributed by atoms with Crippen molar-refractivity contribution < 1.29 is 23.6 Å². The van der Waals surface area contributed by atoms with Crippen LogP contribution in [0, 0.1) is 34.0 Å². The maximum Gasteiger partial charge on any atom is 0.482 e. The number of hydrogen-bond acceptors (Lipinski definition) is 6. The molecule has 0 aromatic heterocycles. The molecule has 1 aromatic carbocycles. The lowest BCUT2D eigenvalue weighted by atomic mass is 9.43. The molecule has 226 valence electrons. The van der Waals surface area contributed by atoms with Crippen LogP contribution in [0.2, 0.25) is 0 Å². The second kappa shape index (κ2) is 11.4. The van der Waals surface area contributed by atoms with Crippen molar-refractivity contribution >= 4 is 19.1 Å². The Morgan fingerprint density at radius 3 is 2.57 bits per heavy atom. The molecular formula is C33H46BN3O5. The van der Waals surface area contributed by atoms with Gasteiger partial charge in [-0.1, -0.05) is 71.0 Å². The Labute approximate surface area is 251 Å². The minimum Gasteiger partial charge on any atom is -0.425 e. The molecule has 0 unspecified atom stereocenters. The highest BCUT2D eigenvalue weighted by Crippen LogP contribution is 2.65. The molecule has 6 rings (SSSR count). The number of allylic oxidation sites excluding steroid dienone is 1. The van der Waals surface area contributed by atoms with Crippen LogP contribution in [0.25, 0.3) is 0 Å². The minimum atomic E-state index is -0.742. The number of nitrogens with zero attached hydrogens (tertiary/aromatic N) is 3. The van der Waals surface area contributed by atoms with E-state index in [-0.39, 0.29) is 22.5 Å². The van der Waals surface area contributed by atoms with Gasteiger partial charge >= 0.3 is 13.2 Å². The smallest absolute Gasteiger partial charge is 0.425 e. The standard InChI is InChI=1S/C33H46BN3O5/c1-31(2,3)20-23(21-35)29(38)37-16-12-11-15-28(37)40-30(39)36(7)27(17-22-13-9-8-10-14-22)34-41-26-19-24-18-25(32(24,4)5)33(26,6)42-34/h8-10,13-14,20,24-28H,11-12,15-19H2,1-7H3/t24-,25-,26+,27-,28-,33-/m0/s1. The van der Waals surface area contributed by atoms with Gasteiger partial charge in [0.25, 0.3) is 5.91 Å². The molecule has 9 heteroatoms. The summed E-state index contributed by atoms with van der Waals surface area (Å²) < 4.78 is 19.5. The van der Waals surface area contributed by atoms with Gasteiger partial charge in [-0.25, -0.2) is 4.79 Å². The topological polar surface area (TPSA) is 92.1 Å². The molecule has 2 saturated heterocycles. The Morgan fingerprint density at radius 1 is 1.21 bits per heavy atom. The molecule has 2 amide bonds. The maximum atomic E-state index is 13.8.